The molecule has 0 saturated heterocycles. The van der Waals surface area contributed by atoms with Crippen molar-refractivity contribution >= 4 is 41.9 Å². The summed E-state index contributed by atoms with van der Waals surface area (Å²) in [6.07, 6.45) is 10.4. The first kappa shape index (κ1) is 79.4. The van der Waals surface area contributed by atoms with Gasteiger partial charge < -0.3 is 52.3 Å². The number of aliphatic imine (C=N–C) groups is 2. The number of nitrogens with zero attached hydrogens (tertiary/aromatic N) is 6. The van der Waals surface area contributed by atoms with E-state index in [-0.39, 0.29) is 55.1 Å². The van der Waals surface area contributed by atoms with E-state index in [9.17, 15) is 47.4 Å². The van der Waals surface area contributed by atoms with Crippen molar-refractivity contribution in [3.05, 3.63) is 270 Å². The number of halogens is 2. The predicted octanol–water partition coefficient (Wildman–Crippen LogP) is 9.16. The Hall–Kier alpha value is -10.8. The number of amidine groups is 1. The van der Waals surface area contributed by atoms with Crippen molar-refractivity contribution in [2.75, 3.05) is 13.1 Å². The number of aromatic nitrogens is 4. The van der Waals surface area contributed by atoms with Crippen LogP contribution in [-0.2, 0) is 56.3 Å². The number of hydrogen-bond donors (Lipinski definition) is 7. The van der Waals surface area contributed by atoms with E-state index < -0.39 is 41.5 Å². The molecule has 23 heteroatoms. The number of carbonyl (C=O) groups excluding carboxylic acids is 3. The number of esters is 1. The van der Waals surface area contributed by atoms with Crippen molar-refractivity contribution in [2.24, 2.45) is 32.9 Å². The zero-order valence-electron chi connectivity index (χ0n) is 55.7. The normalized spacial score (nSPS) is 11.2. The Bertz CT molecular complexity index is 3860. The molecule has 2 atom stereocenters. The predicted molar refractivity (Wildman–Crippen MR) is 371 cm³/mol. The number of carboxylic acid groups (broad SMARTS) is 2. The van der Waals surface area contributed by atoms with Crippen LogP contribution in [-0.4, -0.2) is 102 Å². The van der Waals surface area contributed by atoms with Crippen LogP contribution in [0, 0.1) is 39.6 Å². The molecular formula is C73H89F2N11O10. The van der Waals surface area contributed by atoms with Gasteiger partial charge >= 0.3 is 17.9 Å². The smallest absolute Gasteiger partial charge is 0.326 e. The van der Waals surface area contributed by atoms with Crippen molar-refractivity contribution < 1.29 is 47.7 Å². The van der Waals surface area contributed by atoms with Crippen molar-refractivity contribution in [1.82, 2.24) is 24.4 Å². The SMILES string of the molecule is CC(N)=NCCC[C@H](N)C(=O)OC(C)(C)C.Cc1cc(Cc2ccccc2)c(=O)n(CC(=O)N[C@@H](CCCN=C(N)N)C(=O)O)c1.Cc1cc(Cc2ccccc2)c(=O)n(CC(=O)O)c1.Cc1ccc(F)nc1.Cc1cnc(F)c(Cc2ccccc2)c1.O=Cc1ccccc1. The molecule has 0 saturated carbocycles. The molecule has 0 bridgehead atoms. The van der Waals surface area contributed by atoms with Crippen molar-refractivity contribution in [3.63, 3.8) is 0 Å². The van der Waals surface area contributed by atoms with Crippen LogP contribution in [0.5, 0.6) is 0 Å². The van der Waals surface area contributed by atoms with Gasteiger partial charge in [0.05, 0.1) is 5.84 Å². The van der Waals surface area contributed by atoms with E-state index in [4.69, 9.17) is 32.8 Å². The topological polar surface area (TPSA) is 346 Å². The number of ether oxygens (including phenoxy) is 1. The highest BCUT2D eigenvalue weighted by Crippen LogP contribution is 2.15. The zero-order valence-corrected chi connectivity index (χ0v) is 55.7. The molecule has 0 spiro atoms. The highest BCUT2D eigenvalue weighted by molar-refractivity contribution is 5.83. The van der Waals surface area contributed by atoms with Gasteiger partial charge in [0.1, 0.15) is 37.1 Å². The van der Waals surface area contributed by atoms with Gasteiger partial charge in [-0.15, -0.1) is 0 Å². The third-order valence-electron chi connectivity index (χ3n) is 13.1. The lowest BCUT2D eigenvalue weighted by molar-refractivity contribution is -0.156. The molecule has 510 valence electrons. The number of nitrogens with one attached hydrogen (secondary N) is 1. The molecule has 4 aromatic carbocycles. The molecule has 4 heterocycles. The van der Waals surface area contributed by atoms with E-state index in [1.807, 2.05) is 170 Å². The molecule has 8 rings (SSSR count). The number of carbonyl (C=O) groups is 5. The second kappa shape index (κ2) is 42.4. The van der Waals surface area contributed by atoms with Crippen LogP contribution >= 0.6 is 0 Å². The maximum Gasteiger partial charge on any atom is 0.326 e. The number of hydrogen-bond acceptors (Lipinski definition) is 13. The van der Waals surface area contributed by atoms with Gasteiger partial charge in [-0.1, -0.05) is 127 Å². The van der Waals surface area contributed by atoms with Gasteiger partial charge in [0.15, 0.2) is 5.96 Å². The quantitative estimate of drug-likeness (QED) is 0.00830. The summed E-state index contributed by atoms with van der Waals surface area (Å²) in [6, 6.07) is 45.0. The van der Waals surface area contributed by atoms with Crippen LogP contribution in [0.15, 0.2) is 196 Å². The number of amides is 1. The first-order valence-electron chi connectivity index (χ1n) is 30.8. The summed E-state index contributed by atoms with van der Waals surface area (Å²) in [6.45, 7) is 15.0. The van der Waals surface area contributed by atoms with Gasteiger partial charge in [0.2, 0.25) is 17.8 Å². The minimum Gasteiger partial charge on any atom is -0.480 e. The average molecular weight is 1320 g/mol. The van der Waals surface area contributed by atoms with Crippen LogP contribution in [0.25, 0.3) is 0 Å². The number of aliphatic carboxylic acids is 2. The standard InChI is InChI=1S/C21H27N5O4.C15H15NO3.C13H12FN.C11H23N3O2.C7H6O.C6H6FN/c1-14-10-16(11-15-6-3-2-4-7-15)19(28)26(12-14)13-18(27)25-17(20(29)30)8-5-9-24-21(22)23;1-11-7-13(8-12-5-3-2-4-6-12)15(19)16(9-11)10-14(17)18;1-10-7-12(13(14)15-9-10)8-11-5-3-2-4-6-11;1-8(12)14-7-5-6-9(13)10(15)16-11(2,3)4;8-6-7-4-2-1-3-5-7;1-5-2-3-6(7)8-4-5/h2-4,6-7,10,12,17H,5,8-9,11,13H2,1H3,(H,25,27)(H,29,30)(H4,22,23,24);2-7,9H,8,10H2,1H3,(H,17,18);2-7,9H,8H2,1H3;9H,5-7,13H2,1-4H3,(H2,12,14);1-6H;2-4H,1H3/t17-;;;9-;;/m0..0../s1. The van der Waals surface area contributed by atoms with Gasteiger partial charge in [-0.2, -0.15) is 8.78 Å². The molecule has 21 nitrogen and oxygen atoms in total. The minimum absolute atomic E-state index is 0.0731. The van der Waals surface area contributed by atoms with E-state index in [1.165, 1.54) is 21.4 Å². The molecule has 11 N–H and O–H groups in total. The fourth-order valence-electron chi connectivity index (χ4n) is 8.74. The number of carboxylic acids is 2. The second-order valence-corrected chi connectivity index (χ2v) is 23.2. The monoisotopic (exact) mass is 1320 g/mol. The number of aryl methyl sites for hydroxylation is 4. The van der Waals surface area contributed by atoms with Crippen molar-refractivity contribution in [2.45, 2.75) is 131 Å². The molecule has 4 aromatic heterocycles. The number of nitrogens with two attached hydrogens (primary N) is 4. The Morgan fingerprint density at radius 2 is 1.06 bits per heavy atom. The van der Waals surface area contributed by atoms with E-state index in [2.05, 4.69) is 25.3 Å². The van der Waals surface area contributed by atoms with Gasteiger partial charge in [-0.25, -0.2) is 14.8 Å². The summed E-state index contributed by atoms with van der Waals surface area (Å²) in [7, 11) is 0. The van der Waals surface area contributed by atoms with Gasteiger partial charge in [0, 0.05) is 79.4 Å². The average Bonchev–Trinajstić information content (AvgIpc) is 0.876. The van der Waals surface area contributed by atoms with Crippen LogP contribution in [0.2, 0.25) is 0 Å². The minimum atomic E-state index is -1.16. The molecule has 0 aliphatic carbocycles. The van der Waals surface area contributed by atoms with Gasteiger partial charge in [-0.05, 0) is 144 Å². The molecule has 0 unspecified atom stereocenters. The molecular weight excluding hydrogens is 1230 g/mol. The Balaban J connectivity index is 0.000000318. The fraction of sp³-hybridized carbons (Fsp3) is 0.301. The first-order chi connectivity index (χ1) is 45.5. The number of guanidine groups is 1. The van der Waals surface area contributed by atoms with E-state index >= 15 is 0 Å². The Morgan fingerprint density at radius 3 is 1.48 bits per heavy atom. The molecule has 8 aromatic rings. The van der Waals surface area contributed by atoms with Gasteiger partial charge in [0.25, 0.3) is 11.1 Å². The summed E-state index contributed by atoms with van der Waals surface area (Å²) < 4.78 is 33.0. The largest absolute Gasteiger partial charge is 0.480 e. The summed E-state index contributed by atoms with van der Waals surface area (Å²) in [5.41, 5.74) is 29.9. The summed E-state index contributed by atoms with van der Waals surface area (Å²) in [5.74, 6) is -3.40. The Labute approximate surface area is 559 Å². The lowest BCUT2D eigenvalue weighted by atomic mass is 10.1. The molecule has 0 aliphatic rings. The summed E-state index contributed by atoms with van der Waals surface area (Å²) >= 11 is 0. The summed E-state index contributed by atoms with van der Waals surface area (Å²) in [4.78, 5) is 95.9. The van der Waals surface area contributed by atoms with Crippen LogP contribution in [0.4, 0.5) is 8.78 Å². The second-order valence-electron chi connectivity index (χ2n) is 23.2. The van der Waals surface area contributed by atoms with Crippen LogP contribution in [0.1, 0.15) is 119 Å². The Kier molecular flexibility index (Phi) is 35.1. The van der Waals surface area contributed by atoms with Gasteiger partial charge in [-0.3, -0.25) is 38.8 Å². The third-order valence-corrected chi connectivity index (χ3v) is 13.1. The van der Waals surface area contributed by atoms with E-state index in [1.54, 1.807) is 49.8 Å². The van der Waals surface area contributed by atoms with Crippen LogP contribution < -0.4 is 39.4 Å². The molecule has 96 heavy (non-hydrogen) atoms. The number of rotatable bonds is 22. The maximum absolute atomic E-state index is 13.3. The van der Waals surface area contributed by atoms with E-state index in [0.717, 1.165) is 57.2 Å². The Morgan fingerprint density at radius 1 is 0.615 bits per heavy atom. The molecule has 0 radical (unpaired) electrons. The number of benzene rings is 4. The van der Waals surface area contributed by atoms with E-state index in [0.29, 0.717) is 61.2 Å². The lowest BCUT2D eigenvalue weighted by Gasteiger charge is -2.22. The number of pyridine rings is 4. The number of aldehydes is 1. The third kappa shape index (κ3) is 33.7. The molecule has 0 aliphatic heterocycles. The van der Waals surface area contributed by atoms with Crippen molar-refractivity contribution in [3.8, 4) is 0 Å². The maximum atomic E-state index is 13.3. The highest BCUT2D eigenvalue weighted by atomic mass is 19.1. The summed E-state index contributed by atoms with van der Waals surface area (Å²) in [5, 5.41) is 20.6. The fourth-order valence-corrected chi connectivity index (χ4v) is 8.74. The lowest BCUT2D eigenvalue weighted by Crippen LogP contribution is -2.43. The highest BCUT2D eigenvalue weighted by Gasteiger charge is 2.22. The first-order valence-corrected chi connectivity index (χ1v) is 30.8. The molecule has 1 amide bonds. The van der Waals surface area contributed by atoms with Crippen LogP contribution in [0.3, 0.4) is 0 Å². The molecule has 0 fully saturated rings. The van der Waals surface area contributed by atoms with Crippen molar-refractivity contribution in [1.29, 1.82) is 0 Å². The zero-order chi connectivity index (χ0) is 71.2.